The molecule has 1 heterocycles. The van der Waals surface area contributed by atoms with E-state index in [0.717, 1.165) is 38.8 Å². The van der Waals surface area contributed by atoms with E-state index in [1.54, 1.807) is 0 Å². The lowest BCUT2D eigenvalue weighted by molar-refractivity contribution is -0.129. The molecule has 0 radical (unpaired) electrons. The van der Waals surface area contributed by atoms with Gasteiger partial charge in [0.25, 0.3) is 0 Å². The summed E-state index contributed by atoms with van der Waals surface area (Å²) in [6.45, 7) is 10.7. The molecular weight excluding hydrogens is 186 g/mol. The molecule has 1 N–H and O–H groups in total. The van der Waals surface area contributed by atoms with Crippen molar-refractivity contribution in [1.82, 2.24) is 5.32 Å². The molecule has 1 saturated heterocycles. The van der Waals surface area contributed by atoms with Gasteiger partial charge in [0.1, 0.15) is 5.78 Å². The molecule has 0 unspecified atom stereocenters. The summed E-state index contributed by atoms with van der Waals surface area (Å²) in [7, 11) is 0. The van der Waals surface area contributed by atoms with Crippen molar-refractivity contribution in [2.45, 2.75) is 53.4 Å². The predicted octanol–water partition coefficient (Wildman–Crippen LogP) is 2.77. The van der Waals surface area contributed by atoms with Gasteiger partial charge in [0.15, 0.2) is 0 Å². The lowest BCUT2D eigenvalue weighted by atomic mass is 9.74. The number of carbonyl (C=O) groups excluding carboxylic acids is 1. The van der Waals surface area contributed by atoms with Gasteiger partial charge >= 0.3 is 0 Å². The predicted molar refractivity (Wildman–Crippen MR) is 63.9 cm³/mol. The molecule has 0 amide bonds. The first kappa shape index (κ1) is 12.7. The van der Waals surface area contributed by atoms with Gasteiger partial charge < -0.3 is 5.32 Å². The average molecular weight is 211 g/mol. The van der Waals surface area contributed by atoms with Crippen LogP contribution in [0.25, 0.3) is 0 Å². The van der Waals surface area contributed by atoms with Crippen LogP contribution < -0.4 is 5.32 Å². The Bertz CT molecular complexity index is 221. The molecule has 0 saturated carbocycles. The minimum atomic E-state index is -0.0451. The number of hydrogen-bond donors (Lipinski definition) is 1. The van der Waals surface area contributed by atoms with Crippen LogP contribution in [0.2, 0.25) is 0 Å². The van der Waals surface area contributed by atoms with Crippen LogP contribution >= 0.6 is 0 Å². The van der Waals surface area contributed by atoms with Crippen LogP contribution in [0, 0.1) is 10.8 Å². The minimum absolute atomic E-state index is 0.0451. The molecule has 0 bridgehead atoms. The van der Waals surface area contributed by atoms with Crippen LogP contribution in [0.15, 0.2) is 0 Å². The van der Waals surface area contributed by atoms with E-state index in [-0.39, 0.29) is 10.8 Å². The van der Waals surface area contributed by atoms with Crippen molar-refractivity contribution in [1.29, 1.82) is 0 Å². The molecule has 15 heavy (non-hydrogen) atoms. The molecule has 0 atom stereocenters. The van der Waals surface area contributed by atoms with Gasteiger partial charge in [-0.05, 0) is 37.8 Å². The van der Waals surface area contributed by atoms with E-state index in [0.29, 0.717) is 5.78 Å². The van der Waals surface area contributed by atoms with E-state index in [9.17, 15) is 4.79 Å². The van der Waals surface area contributed by atoms with Gasteiger partial charge in [0, 0.05) is 11.8 Å². The molecule has 0 aromatic carbocycles. The fraction of sp³-hybridized carbons (Fsp3) is 0.923. The normalized spacial score (nSPS) is 21.3. The summed E-state index contributed by atoms with van der Waals surface area (Å²) in [6.07, 6.45) is 3.78. The van der Waals surface area contributed by atoms with Gasteiger partial charge in [-0.25, -0.2) is 0 Å². The third kappa shape index (κ3) is 3.94. The van der Waals surface area contributed by atoms with Crippen molar-refractivity contribution in [3.8, 4) is 0 Å². The van der Waals surface area contributed by atoms with E-state index in [2.05, 4.69) is 33.0 Å². The molecular formula is C13H25NO. The van der Waals surface area contributed by atoms with Crippen molar-refractivity contribution in [3.63, 3.8) is 0 Å². The third-order valence-electron chi connectivity index (χ3n) is 3.48. The van der Waals surface area contributed by atoms with Gasteiger partial charge in [-0.1, -0.05) is 27.7 Å². The molecule has 1 fully saturated rings. The maximum Gasteiger partial charge on any atom is 0.138 e. The third-order valence-corrected chi connectivity index (χ3v) is 3.48. The van der Waals surface area contributed by atoms with Crippen LogP contribution in [0.1, 0.15) is 53.4 Å². The Hall–Kier alpha value is -0.370. The molecule has 0 aliphatic carbocycles. The maximum atomic E-state index is 12.1. The number of Topliss-reactive ketones (excluding diaryl/α,β-unsaturated/α-hetero) is 1. The topological polar surface area (TPSA) is 29.1 Å². The summed E-state index contributed by atoms with van der Waals surface area (Å²) < 4.78 is 0. The number of carbonyl (C=O) groups is 1. The van der Waals surface area contributed by atoms with E-state index in [1.807, 2.05) is 0 Å². The summed E-state index contributed by atoms with van der Waals surface area (Å²) in [5, 5.41) is 3.31. The zero-order valence-electron chi connectivity index (χ0n) is 10.7. The molecule has 0 spiro atoms. The van der Waals surface area contributed by atoms with Crippen LogP contribution in [0.5, 0.6) is 0 Å². The van der Waals surface area contributed by atoms with Gasteiger partial charge in [-0.2, -0.15) is 0 Å². The zero-order chi connectivity index (χ0) is 11.5. The Morgan fingerprint density at radius 3 is 2.27 bits per heavy atom. The minimum Gasteiger partial charge on any atom is -0.317 e. The number of piperidine rings is 1. The number of ketones is 1. The molecule has 0 aromatic heterocycles. The Morgan fingerprint density at radius 1 is 1.27 bits per heavy atom. The van der Waals surface area contributed by atoms with E-state index >= 15 is 0 Å². The fourth-order valence-corrected chi connectivity index (χ4v) is 2.05. The smallest absolute Gasteiger partial charge is 0.138 e. The first-order chi connectivity index (χ1) is 6.83. The van der Waals surface area contributed by atoms with Crippen molar-refractivity contribution < 1.29 is 4.79 Å². The highest BCUT2D eigenvalue weighted by Gasteiger charge is 2.34. The Kier molecular flexibility index (Phi) is 3.93. The van der Waals surface area contributed by atoms with E-state index in [4.69, 9.17) is 0 Å². The standard InChI is InChI=1S/C13H25NO/c1-12(2,3)6-5-11(15)13(4)7-9-14-10-8-13/h14H,5-10H2,1-4H3. The Labute approximate surface area is 93.8 Å². The summed E-state index contributed by atoms with van der Waals surface area (Å²) >= 11 is 0. The largest absolute Gasteiger partial charge is 0.317 e. The van der Waals surface area contributed by atoms with E-state index < -0.39 is 0 Å². The van der Waals surface area contributed by atoms with Crippen LogP contribution in [0.4, 0.5) is 0 Å². The maximum absolute atomic E-state index is 12.1. The molecule has 1 aliphatic rings. The van der Waals surface area contributed by atoms with Crippen LogP contribution in [-0.2, 0) is 4.79 Å². The number of nitrogens with one attached hydrogen (secondary N) is 1. The highest BCUT2D eigenvalue weighted by molar-refractivity contribution is 5.84. The molecule has 0 aromatic rings. The molecule has 88 valence electrons. The molecule has 2 heteroatoms. The lowest BCUT2D eigenvalue weighted by Gasteiger charge is -2.33. The second-order valence-corrected chi connectivity index (χ2v) is 6.29. The van der Waals surface area contributed by atoms with Crippen molar-refractivity contribution in [2.75, 3.05) is 13.1 Å². The van der Waals surface area contributed by atoms with Crippen molar-refractivity contribution >= 4 is 5.78 Å². The fourth-order valence-electron chi connectivity index (χ4n) is 2.05. The molecule has 2 nitrogen and oxygen atoms in total. The first-order valence-electron chi connectivity index (χ1n) is 6.08. The molecule has 1 aliphatic heterocycles. The monoisotopic (exact) mass is 211 g/mol. The highest BCUT2D eigenvalue weighted by atomic mass is 16.1. The summed E-state index contributed by atoms with van der Waals surface area (Å²) in [4.78, 5) is 12.1. The zero-order valence-corrected chi connectivity index (χ0v) is 10.7. The van der Waals surface area contributed by atoms with Gasteiger partial charge in [-0.3, -0.25) is 4.79 Å². The number of hydrogen-bond acceptors (Lipinski definition) is 2. The quantitative estimate of drug-likeness (QED) is 0.777. The Balaban J connectivity index is 2.45. The average Bonchev–Trinajstić information content (AvgIpc) is 2.14. The SMILES string of the molecule is CC(C)(C)CCC(=O)C1(C)CCNCC1. The van der Waals surface area contributed by atoms with Gasteiger partial charge in [0.2, 0.25) is 0 Å². The van der Waals surface area contributed by atoms with Crippen molar-refractivity contribution in [3.05, 3.63) is 0 Å². The van der Waals surface area contributed by atoms with Crippen LogP contribution in [-0.4, -0.2) is 18.9 Å². The Morgan fingerprint density at radius 2 is 1.80 bits per heavy atom. The van der Waals surface area contributed by atoms with Gasteiger partial charge in [-0.15, -0.1) is 0 Å². The highest BCUT2D eigenvalue weighted by Crippen LogP contribution is 2.32. The summed E-state index contributed by atoms with van der Waals surface area (Å²) in [5.41, 5.74) is 0.232. The second kappa shape index (κ2) is 4.65. The second-order valence-electron chi connectivity index (χ2n) is 6.29. The van der Waals surface area contributed by atoms with E-state index in [1.165, 1.54) is 0 Å². The lowest BCUT2D eigenvalue weighted by Crippen LogP contribution is -2.40. The van der Waals surface area contributed by atoms with Crippen molar-refractivity contribution in [2.24, 2.45) is 10.8 Å². The van der Waals surface area contributed by atoms with Gasteiger partial charge in [0.05, 0.1) is 0 Å². The van der Waals surface area contributed by atoms with Crippen LogP contribution in [0.3, 0.4) is 0 Å². The number of rotatable bonds is 3. The summed E-state index contributed by atoms with van der Waals surface area (Å²) in [6, 6.07) is 0. The molecule has 1 rings (SSSR count). The summed E-state index contributed by atoms with van der Waals surface area (Å²) in [5.74, 6) is 0.471. The first-order valence-corrected chi connectivity index (χ1v) is 6.08.